The number of nitrogens with zero attached hydrogens (tertiary/aromatic N) is 1. The summed E-state index contributed by atoms with van der Waals surface area (Å²) >= 11 is 0. The van der Waals surface area contributed by atoms with E-state index in [9.17, 15) is 14.0 Å². The summed E-state index contributed by atoms with van der Waals surface area (Å²) in [6.45, 7) is 10.9. The molecule has 0 saturated carbocycles. The number of amides is 2. The summed E-state index contributed by atoms with van der Waals surface area (Å²) in [5, 5.41) is 5.76. The molecule has 3 atom stereocenters. The molecule has 27 heavy (non-hydrogen) atoms. The lowest BCUT2D eigenvalue weighted by molar-refractivity contribution is -0.124. The number of nitrogens with one attached hydrogen (secondary N) is 2. The highest BCUT2D eigenvalue weighted by molar-refractivity contribution is 5.97. The predicted octanol–water partition coefficient (Wildman–Crippen LogP) is 2.82. The van der Waals surface area contributed by atoms with Gasteiger partial charge in [-0.3, -0.25) is 14.5 Å². The molecule has 1 aliphatic heterocycles. The van der Waals surface area contributed by atoms with E-state index in [1.54, 1.807) is 0 Å². The predicted molar refractivity (Wildman–Crippen MR) is 105 cm³/mol. The summed E-state index contributed by atoms with van der Waals surface area (Å²) in [6.07, 6.45) is 2.46. The molecular weight excluding hydrogens is 345 g/mol. The van der Waals surface area contributed by atoms with Crippen LogP contribution >= 0.6 is 0 Å². The first-order valence-electron chi connectivity index (χ1n) is 9.86. The Morgan fingerprint density at radius 3 is 2.48 bits per heavy atom. The van der Waals surface area contributed by atoms with Crippen molar-refractivity contribution in [3.63, 3.8) is 0 Å². The van der Waals surface area contributed by atoms with Crippen LogP contribution in [0.4, 0.5) is 4.39 Å². The van der Waals surface area contributed by atoms with Gasteiger partial charge in [0, 0.05) is 24.7 Å². The molecule has 1 saturated heterocycles. The van der Waals surface area contributed by atoms with Gasteiger partial charge < -0.3 is 10.6 Å². The molecule has 1 aromatic carbocycles. The largest absolute Gasteiger partial charge is 0.353 e. The first kappa shape index (κ1) is 21.4. The van der Waals surface area contributed by atoms with Crippen molar-refractivity contribution < 1.29 is 14.0 Å². The Kier molecular flexibility index (Phi) is 7.78. The second-order valence-electron chi connectivity index (χ2n) is 8.04. The van der Waals surface area contributed by atoms with Crippen molar-refractivity contribution in [1.29, 1.82) is 0 Å². The minimum absolute atomic E-state index is 0.0558. The Morgan fingerprint density at radius 2 is 1.89 bits per heavy atom. The average Bonchev–Trinajstić information content (AvgIpc) is 2.64. The molecular formula is C21H32FN3O2. The number of likely N-dealkylation sites (tertiary alicyclic amines) is 1. The third-order valence-electron chi connectivity index (χ3n) is 5.23. The number of carbonyl (C=O) groups is 2. The fraction of sp³-hybridized carbons (Fsp3) is 0.619. The molecule has 2 amide bonds. The molecule has 150 valence electrons. The monoisotopic (exact) mass is 377 g/mol. The van der Waals surface area contributed by atoms with Crippen molar-refractivity contribution in [2.75, 3.05) is 19.6 Å². The van der Waals surface area contributed by atoms with Gasteiger partial charge in [-0.25, -0.2) is 4.39 Å². The second-order valence-corrected chi connectivity index (χ2v) is 8.04. The van der Waals surface area contributed by atoms with E-state index in [0.29, 0.717) is 18.0 Å². The first-order chi connectivity index (χ1) is 12.8. The second kappa shape index (κ2) is 9.83. The fourth-order valence-corrected chi connectivity index (χ4v) is 3.47. The van der Waals surface area contributed by atoms with Crippen molar-refractivity contribution >= 4 is 11.8 Å². The van der Waals surface area contributed by atoms with Crippen LogP contribution in [0.15, 0.2) is 24.3 Å². The smallest absolute Gasteiger partial charge is 0.251 e. The number of piperidine rings is 1. The Hall–Kier alpha value is -1.95. The molecule has 1 aromatic rings. The summed E-state index contributed by atoms with van der Waals surface area (Å²) in [5.41, 5.74) is 0.338. The van der Waals surface area contributed by atoms with Crippen LogP contribution in [0.3, 0.4) is 0 Å². The zero-order chi connectivity index (χ0) is 20.0. The highest BCUT2D eigenvalue weighted by Crippen LogP contribution is 2.17. The molecule has 0 spiro atoms. The SMILES string of the molecule is CC1CCCN(C(C)CNC(=O)C(NC(=O)c2ccc(F)cc2)C(C)C)C1. The number of benzene rings is 1. The van der Waals surface area contributed by atoms with Crippen molar-refractivity contribution in [3.8, 4) is 0 Å². The minimum Gasteiger partial charge on any atom is -0.353 e. The van der Waals surface area contributed by atoms with E-state index < -0.39 is 11.9 Å². The normalized spacial score (nSPS) is 20.1. The summed E-state index contributed by atoms with van der Waals surface area (Å²) in [5.74, 6) is -0.320. The fourth-order valence-electron chi connectivity index (χ4n) is 3.47. The van der Waals surface area contributed by atoms with Crippen LogP contribution in [-0.2, 0) is 4.79 Å². The molecule has 0 bridgehead atoms. The molecule has 3 unspecified atom stereocenters. The van der Waals surface area contributed by atoms with Gasteiger partial charge in [-0.05, 0) is 62.4 Å². The van der Waals surface area contributed by atoms with Gasteiger partial charge in [0.1, 0.15) is 11.9 Å². The van der Waals surface area contributed by atoms with Crippen LogP contribution in [0.1, 0.15) is 50.9 Å². The van der Waals surface area contributed by atoms with Crippen molar-refractivity contribution in [1.82, 2.24) is 15.5 Å². The van der Waals surface area contributed by atoms with Gasteiger partial charge in [-0.15, -0.1) is 0 Å². The lowest BCUT2D eigenvalue weighted by atomic mass is 9.99. The topological polar surface area (TPSA) is 61.4 Å². The first-order valence-corrected chi connectivity index (χ1v) is 9.86. The van der Waals surface area contributed by atoms with E-state index in [-0.39, 0.29) is 23.8 Å². The molecule has 5 nitrogen and oxygen atoms in total. The van der Waals surface area contributed by atoms with Crippen LogP contribution in [0.2, 0.25) is 0 Å². The van der Waals surface area contributed by atoms with Crippen molar-refractivity contribution in [3.05, 3.63) is 35.6 Å². The Balaban J connectivity index is 1.90. The van der Waals surface area contributed by atoms with Gasteiger partial charge in [0.05, 0.1) is 0 Å². The van der Waals surface area contributed by atoms with Gasteiger partial charge in [0.25, 0.3) is 5.91 Å². The highest BCUT2D eigenvalue weighted by atomic mass is 19.1. The van der Waals surface area contributed by atoms with Gasteiger partial charge in [0.2, 0.25) is 5.91 Å². The molecule has 6 heteroatoms. The number of carbonyl (C=O) groups excluding carboxylic acids is 2. The van der Waals surface area contributed by atoms with E-state index in [4.69, 9.17) is 0 Å². The van der Waals surface area contributed by atoms with E-state index >= 15 is 0 Å². The van der Waals surface area contributed by atoms with E-state index in [2.05, 4.69) is 29.4 Å². The number of hydrogen-bond donors (Lipinski definition) is 2. The Morgan fingerprint density at radius 1 is 1.22 bits per heavy atom. The maximum atomic E-state index is 13.0. The molecule has 1 heterocycles. The maximum Gasteiger partial charge on any atom is 0.251 e. The number of hydrogen-bond acceptors (Lipinski definition) is 3. The zero-order valence-electron chi connectivity index (χ0n) is 16.8. The molecule has 1 aliphatic rings. The number of halogens is 1. The van der Waals surface area contributed by atoms with Gasteiger partial charge in [-0.2, -0.15) is 0 Å². The molecule has 1 fully saturated rings. The van der Waals surface area contributed by atoms with Crippen LogP contribution < -0.4 is 10.6 Å². The summed E-state index contributed by atoms with van der Waals surface area (Å²) < 4.78 is 13.0. The van der Waals surface area contributed by atoms with E-state index in [0.717, 1.165) is 13.1 Å². The third-order valence-corrected chi connectivity index (χ3v) is 5.23. The van der Waals surface area contributed by atoms with Crippen molar-refractivity contribution in [2.45, 2.75) is 52.6 Å². The third kappa shape index (κ3) is 6.31. The quantitative estimate of drug-likeness (QED) is 0.768. The van der Waals surface area contributed by atoms with Crippen LogP contribution in [0.5, 0.6) is 0 Å². The molecule has 2 rings (SSSR count). The highest BCUT2D eigenvalue weighted by Gasteiger charge is 2.26. The number of rotatable bonds is 7. The van der Waals surface area contributed by atoms with Gasteiger partial charge in [-0.1, -0.05) is 20.8 Å². The van der Waals surface area contributed by atoms with E-state index in [1.807, 2.05) is 13.8 Å². The van der Waals surface area contributed by atoms with Crippen LogP contribution in [0.25, 0.3) is 0 Å². The summed E-state index contributed by atoms with van der Waals surface area (Å²) in [4.78, 5) is 27.4. The summed E-state index contributed by atoms with van der Waals surface area (Å²) in [6, 6.07) is 4.94. The Labute approximate surface area is 161 Å². The minimum atomic E-state index is -0.630. The average molecular weight is 378 g/mol. The molecule has 0 aliphatic carbocycles. The lowest BCUT2D eigenvalue weighted by Crippen LogP contribution is -2.53. The van der Waals surface area contributed by atoms with Crippen LogP contribution in [0, 0.1) is 17.7 Å². The molecule has 2 N–H and O–H groups in total. The molecule has 0 radical (unpaired) electrons. The zero-order valence-corrected chi connectivity index (χ0v) is 16.8. The Bertz CT molecular complexity index is 633. The van der Waals surface area contributed by atoms with Gasteiger partial charge >= 0.3 is 0 Å². The lowest BCUT2D eigenvalue weighted by Gasteiger charge is -2.36. The van der Waals surface area contributed by atoms with E-state index in [1.165, 1.54) is 37.1 Å². The molecule has 0 aromatic heterocycles. The maximum absolute atomic E-state index is 13.0. The van der Waals surface area contributed by atoms with Crippen LogP contribution in [-0.4, -0.2) is 48.4 Å². The van der Waals surface area contributed by atoms with Crippen molar-refractivity contribution in [2.24, 2.45) is 11.8 Å². The van der Waals surface area contributed by atoms with Gasteiger partial charge in [0.15, 0.2) is 0 Å². The summed E-state index contributed by atoms with van der Waals surface area (Å²) in [7, 11) is 0. The standard InChI is InChI=1S/C21H32FN3O2/c1-14(2)19(24-20(26)17-7-9-18(22)10-8-17)21(27)23-12-16(4)25-11-5-6-15(3)13-25/h7-10,14-16,19H,5-6,11-13H2,1-4H3,(H,23,27)(H,24,26).